The quantitative estimate of drug-likeness (QED) is 0.140. The molecule has 0 N–H and O–H groups in total. The van der Waals surface area contributed by atoms with E-state index in [-0.39, 0.29) is 17.5 Å². The van der Waals surface area contributed by atoms with Crippen LogP contribution < -0.4 is 36.0 Å². The first-order chi connectivity index (χ1) is 32.8. The van der Waals surface area contributed by atoms with Gasteiger partial charge in [0, 0.05) is 64.5 Å². The molecule has 0 saturated heterocycles. The van der Waals surface area contributed by atoms with Crippen molar-refractivity contribution in [1.82, 2.24) is 0 Å². The molecule has 4 nitrogen and oxygen atoms in total. The summed E-state index contributed by atoms with van der Waals surface area (Å²) in [4.78, 5) is 15.2. The molecule has 0 spiro atoms. The van der Waals surface area contributed by atoms with Gasteiger partial charge in [0.15, 0.2) is 0 Å². The Labute approximate surface area is 400 Å². The normalized spacial score (nSPS) is 16.3. The summed E-state index contributed by atoms with van der Waals surface area (Å²) in [6.45, 7) is 9.53. The number of para-hydroxylation sites is 6. The largest absolute Gasteiger partial charge is 0.310 e. The van der Waals surface area contributed by atoms with E-state index >= 15 is 0 Å². The van der Waals surface area contributed by atoms with Crippen LogP contribution in [0.1, 0.15) is 49.9 Å². The summed E-state index contributed by atoms with van der Waals surface area (Å²) in [5.74, 6) is 0. The zero-order chi connectivity index (χ0) is 44.5. The van der Waals surface area contributed by atoms with E-state index in [9.17, 15) is 0 Å². The minimum Gasteiger partial charge on any atom is -0.310 e. The smallest absolute Gasteiger partial charge is 0.252 e. The van der Waals surface area contributed by atoms with Crippen molar-refractivity contribution in [3.63, 3.8) is 0 Å². The number of nitrogens with zero attached hydrogens (tertiary/aromatic N) is 4. The molecular weight excluding hydrogens is 852 g/mol. The van der Waals surface area contributed by atoms with Gasteiger partial charge in [0.25, 0.3) is 6.71 Å². The molecule has 15 rings (SSSR count). The fraction of sp³-hybridized carbons (Fsp3) is 0.100. The van der Waals surface area contributed by atoms with Crippen LogP contribution in [0.15, 0.2) is 208 Å². The van der Waals surface area contributed by atoms with Crippen molar-refractivity contribution < 1.29 is 0 Å². The van der Waals surface area contributed by atoms with Crippen molar-refractivity contribution in [3.8, 4) is 0 Å². The van der Waals surface area contributed by atoms with E-state index < -0.39 is 0 Å². The summed E-state index contributed by atoms with van der Waals surface area (Å²) in [5, 5.41) is 0. The summed E-state index contributed by atoms with van der Waals surface area (Å²) in [6, 6.07) is 71.7. The second kappa shape index (κ2) is 13.3. The van der Waals surface area contributed by atoms with Crippen LogP contribution in [-0.4, -0.2) is 6.71 Å². The molecule has 6 aliphatic heterocycles. The van der Waals surface area contributed by atoms with E-state index in [1.165, 1.54) is 126 Å². The van der Waals surface area contributed by atoms with Crippen LogP contribution in [-0.2, 0) is 10.8 Å². The van der Waals surface area contributed by atoms with Crippen molar-refractivity contribution in [1.29, 1.82) is 0 Å². The van der Waals surface area contributed by atoms with E-state index in [1.54, 1.807) is 0 Å². The Morgan fingerprint density at radius 1 is 0.328 bits per heavy atom. The Hall–Kier alpha value is -7.06. The second-order valence-corrected chi connectivity index (χ2v) is 21.9. The third-order valence-electron chi connectivity index (χ3n) is 15.6. The molecule has 0 atom stereocenters. The summed E-state index contributed by atoms with van der Waals surface area (Å²) < 4.78 is 0. The molecule has 0 fully saturated rings. The topological polar surface area (TPSA) is 13.0 Å². The molecule has 67 heavy (non-hydrogen) atoms. The van der Waals surface area contributed by atoms with E-state index in [0.29, 0.717) is 0 Å². The number of anilines is 12. The summed E-state index contributed by atoms with van der Waals surface area (Å²) >= 11 is 3.78. The van der Waals surface area contributed by atoms with Crippen molar-refractivity contribution in [3.05, 3.63) is 210 Å². The molecule has 0 saturated carbocycles. The van der Waals surface area contributed by atoms with Crippen LogP contribution >= 0.6 is 23.5 Å². The van der Waals surface area contributed by atoms with E-state index in [1.807, 2.05) is 23.5 Å². The number of benzene rings is 9. The van der Waals surface area contributed by atoms with Gasteiger partial charge in [-0.15, -0.1) is 0 Å². The Balaban J connectivity index is 1.03. The van der Waals surface area contributed by atoms with Gasteiger partial charge in [0.2, 0.25) is 0 Å². The monoisotopic (exact) mass is 894 g/mol. The molecule has 0 unspecified atom stereocenters. The second-order valence-electron chi connectivity index (χ2n) is 19.7. The first-order valence-corrected chi connectivity index (χ1v) is 25.0. The lowest BCUT2D eigenvalue weighted by Gasteiger charge is -2.47. The van der Waals surface area contributed by atoms with Crippen LogP contribution in [0.5, 0.6) is 0 Å². The number of rotatable bonds is 0. The Morgan fingerprint density at radius 3 is 1.18 bits per heavy atom. The maximum absolute atomic E-state index is 2.58. The minimum absolute atomic E-state index is 0.0110. The molecule has 9 aromatic rings. The first kappa shape index (κ1) is 38.1. The third-order valence-corrected chi connectivity index (χ3v) is 17.8. The first-order valence-electron chi connectivity index (χ1n) is 23.4. The summed E-state index contributed by atoms with van der Waals surface area (Å²) in [7, 11) is 0. The summed E-state index contributed by atoms with van der Waals surface area (Å²) in [6.07, 6.45) is 0. The van der Waals surface area contributed by atoms with Gasteiger partial charge < -0.3 is 19.6 Å². The molecule has 7 heteroatoms. The molecule has 0 aliphatic carbocycles. The van der Waals surface area contributed by atoms with Crippen molar-refractivity contribution in [2.45, 2.75) is 58.1 Å². The fourth-order valence-corrected chi connectivity index (χ4v) is 14.7. The lowest BCUT2D eigenvalue weighted by atomic mass is 9.33. The van der Waals surface area contributed by atoms with Crippen LogP contribution in [0.25, 0.3) is 0 Å². The molecule has 0 amide bonds. The number of hydrogen-bond acceptors (Lipinski definition) is 6. The lowest BCUT2D eigenvalue weighted by molar-refractivity contribution is 0.629. The predicted octanol–water partition coefficient (Wildman–Crippen LogP) is 14.9. The third kappa shape index (κ3) is 4.93. The highest BCUT2D eigenvalue weighted by molar-refractivity contribution is 8.00. The van der Waals surface area contributed by atoms with Crippen LogP contribution in [0.2, 0.25) is 0 Å². The van der Waals surface area contributed by atoms with Gasteiger partial charge >= 0.3 is 0 Å². The summed E-state index contributed by atoms with van der Waals surface area (Å²) in [5.41, 5.74) is 23.6. The van der Waals surface area contributed by atoms with Crippen LogP contribution in [0, 0.1) is 0 Å². The van der Waals surface area contributed by atoms with Gasteiger partial charge in [-0.1, -0.05) is 154 Å². The van der Waals surface area contributed by atoms with Gasteiger partial charge in [0.05, 0.1) is 34.1 Å². The van der Waals surface area contributed by atoms with Crippen molar-refractivity contribution in [2.75, 3.05) is 19.6 Å². The maximum atomic E-state index is 2.58. The van der Waals surface area contributed by atoms with E-state index in [2.05, 4.69) is 235 Å². The Morgan fingerprint density at radius 2 is 0.701 bits per heavy atom. The highest BCUT2D eigenvalue weighted by Crippen LogP contribution is 2.60. The molecule has 6 aliphatic rings. The number of hydrogen-bond donors (Lipinski definition) is 0. The standard InChI is InChI=1S/C60H43BN4S2/c1-59(2)38-16-5-7-20-44(38)62-36-30-32-42-50(34-36)64(46-22-9-11-26-52(46)66-54-28-13-18-40(59)57(54)62)48-24-15-25-49-56(48)61(42)43-33-31-37-35-51(43)65(49)47-23-10-12-27-53(47)67-55-29-14-19-41-58(55)63(37)45-21-8-6-17-39(45)60(41,3)4/h5-35H,1-4H3. The Bertz CT molecular complexity index is 3440. The average Bonchev–Trinajstić information content (AvgIpc) is 3.35. The maximum Gasteiger partial charge on any atom is 0.252 e. The van der Waals surface area contributed by atoms with Gasteiger partial charge in [0.1, 0.15) is 0 Å². The Kier molecular flexibility index (Phi) is 7.57. The molecule has 9 aromatic carbocycles. The molecule has 6 heterocycles. The molecule has 0 radical (unpaired) electrons. The zero-order valence-corrected chi connectivity index (χ0v) is 39.2. The van der Waals surface area contributed by atoms with Crippen LogP contribution in [0.4, 0.5) is 68.2 Å². The highest BCUT2D eigenvalue weighted by Gasteiger charge is 2.47. The number of fused-ring (bicyclic) bond motifs is 16. The van der Waals surface area contributed by atoms with E-state index in [4.69, 9.17) is 0 Å². The highest BCUT2D eigenvalue weighted by atomic mass is 32.2. The molecule has 0 aromatic heterocycles. The van der Waals surface area contributed by atoms with E-state index in [0.717, 1.165) is 0 Å². The van der Waals surface area contributed by atoms with Crippen molar-refractivity contribution in [2.24, 2.45) is 0 Å². The van der Waals surface area contributed by atoms with Gasteiger partial charge in [-0.2, -0.15) is 0 Å². The molecular formula is C60H43BN4S2. The molecule has 318 valence electrons. The van der Waals surface area contributed by atoms with Crippen LogP contribution in [0.3, 0.4) is 0 Å². The SMILES string of the molecule is CC1(C)c2ccccc2N2c3ccc4c(c3)N(c3ccccc3Sc3cccc1c32)c1cccc2c1B4c1ccc3cc1N2c1ccccc1Sc1cccc2c1N3c1ccccc1C2(C)C. The average molecular weight is 895 g/mol. The van der Waals surface area contributed by atoms with Gasteiger partial charge in [-0.05, 0) is 124 Å². The molecule has 4 bridgehead atoms. The lowest BCUT2D eigenvalue weighted by Crippen LogP contribution is -2.61. The fourth-order valence-electron chi connectivity index (χ4n) is 12.5. The zero-order valence-electron chi connectivity index (χ0n) is 37.6. The van der Waals surface area contributed by atoms with Crippen molar-refractivity contribution >= 4 is 115 Å². The van der Waals surface area contributed by atoms with Gasteiger partial charge in [-0.25, -0.2) is 0 Å². The van der Waals surface area contributed by atoms with Gasteiger partial charge in [-0.3, -0.25) is 0 Å². The minimum atomic E-state index is -0.178. The predicted molar refractivity (Wildman–Crippen MR) is 282 cm³/mol.